The van der Waals surface area contributed by atoms with Crippen LogP contribution in [0.15, 0.2) is 4.52 Å². The maximum atomic E-state index is 12.4. The lowest BCUT2D eigenvalue weighted by Gasteiger charge is -2.40. The molecule has 4 nitrogen and oxygen atoms in total. The lowest BCUT2D eigenvalue weighted by molar-refractivity contribution is -0.159. The molecule has 0 amide bonds. The predicted octanol–water partition coefficient (Wildman–Crippen LogP) is 2.41. The highest BCUT2D eigenvalue weighted by Crippen LogP contribution is 2.42. The van der Waals surface area contributed by atoms with E-state index < -0.39 is 17.6 Å². The van der Waals surface area contributed by atoms with E-state index >= 15 is 0 Å². The molecule has 0 radical (unpaired) electrons. The van der Waals surface area contributed by atoms with E-state index in [1.165, 1.54) is 0 Å². The average Bonchev–Trinajstić information content (AvgIpc) is 2.63. The minimum Gasteiger partial charge on any atom is -0.329 e. The Morgan fingerprint density at radius 3 is 2.50 bits per heavy atom. The molecule has 1 fully saturated rings. The van der Waals surface area contributed by atoms with E-state index in [4.69, 9.17) is 5.73 Å². The lowest BCUT2D eigenvalue weighted by Crippen LogP contribution is -2.48. The fourth-order valence-corrected chi connectivity index (χ4v) is 3.50. The summed E-state index contributed by atoms with van der Waals surface area (Å²) in [5.74, 6) is 0.00854. The molecular formula is C10H14F3N3OS. The van der Waals surface area contributed by atoms with Gasteiger partial charge in [0.05, 0.1) is 5.54 Å². The molecule has 0 saturated carbocycles. The molecule has 1 aromatic rings. The van der Waals surface area contributed by atoms with Crippen molar-refractivity contribution in [3.63, 3.8) is 0 Å². The Hall–Kier alpha value is -0.760. The van der Waals surface area contributed by atoms with Gasteiger partial charge in [0.15, 0.2) is 5.82 Å². The number of halogens is 3. The molecule has 2 rings (SSSR count). The van der Waals surface area contributed by atoms with E-state index in [1.807, 2.05) is 13.8 Å². The Morgan fingerprint density at radius 2 is 2.00 bits per heavy atom. The quantitative estimate of drug-likeness (QED) is 0.856. The number of alkyl halides is 3. The van der Waals surface area contributed by atoms with Crippen LogP contribution in [0.3, 0.4) is 0 Å². The van der Waals surface area contributed by atoms with E-state index in [-0.39, 0.29) is 11.2 Å². The number of nitrogens with two attached hydrogens (primary N) is 1. The van der Waals surface area contributed by atoms with Gasteiger partial charge in [0.1, 0.15) is 0 Å². The van der Waals surface area contributed by atoms with Crippen LogP contribution in [0.25, 0.3) is 0 Å². The van der Waals surface area contributed by atoms with E-state index in [0.717, 1.165) is 5.75 Å². The molecule has 1 saturated heterocycles. The Labute approximate surface area is 106 Å². The first-order valence-corrected chi connectivity index (χ1v) is 6.56. The predicted molar refractivity (Wildman–Crippen MR) is 60.9 cm³/mol. The zero-order valence-electron chi connectivity index (χ0n) is 10.0. The van der Waals surface area contributed by atoms with Gasteiger partial charge >= 0.3 is 12.1 Å². The minimum absolute atomic E-state index is 0.0588. The van der Waals surface area contributed by atoms with Crippen molar-refractivity contribution in [3.05, 3.63) is 11.7 Å². The average molecular weight is 281 g/mol. The summed E-state index contributed by atoms with van der Waals surface area (Å²) in [5, 5.41) is 3.40. The topological polar surface area (TPSA) is 64.9 Å². The standard InChI is InChI=1S/C10H14F3N3OS/c1-8(2)3-9(14,5-18-4-8)6-15-7(17-16-6)10(11,12)13/h3-5,14H2,1-2H3. The molecule has 102 valence electrons. The van der Waals surface area contributed by atoms with Crippen molar-refractivity contribution in [1.29, 1.82) is 0 Å². The normalized spacial score (nSPS) is 28.3. The second kappa shape index (κ2) is 4.12. The fraction of sp³-hybridized carbons (Fsp3) is 0.800. The van der Waals surface area contributed by atoms with Gasteiger partial charge in [-0.3, -0.25) is 0 Å². The molecule has 0 spiro atoms. The second-order valence-electron chi connectivity index (χ2n) is 5.41. The maximum Gasteiger partial charge on any atom is 0.471 e. The van der Waals surface area contributed by atoms with Gasteiger partial charge in [0.2, 0.25) is 0 Å². The molecule has 2 N–H and O–H groups in total. The van der Waals surface area contributed by atoms with Crippen molar-refractivity contribution in [3.8, 4) is 0 Å². The van der Waals surface area contributed by atoms with Gasteiger partial charge in [-0.1, -0.05) is 19.0 Å². The molecule has 0 aliphatic carbocycles. The van der Waals surface area contributed by atoms with Gasteiger partial charge in [-0.2, -0.15) is 29.9 Å². The SMILES string of the molecule is CC1(C)CSCC(N)(c2noc(C(F)(F)F)n2)C1. The van der Waals surface area contributed by atoms with Gasteiger partial charge in [-0.25, -0.2) is 0 Å². The second-order valence-corrected chi connectivity index (χ2v) is 6.40. The van der Waals surface area contributed by atoms with Crippen LogP contribution in [0.4, 0.5) is 13.2 Å². The van der Waals surface area contributed by atoms with Gasteiger partial charge in [0, 0.05) is 5.75 Å². The fourth-order valence-electron chi connectivity index (χ4n) is 2.15. The molecule has 1 aromatic heterocycles. The zero-order valence-corrected chi connectivity index (χ0v) is 10.9. The highest BCUT2D eigenvalue weighted by Gasteiger charge is 2.45. The summed E-state index contributed by atoms with van der Waals surface area (Å²) in [6.07, 6.45) is -4.09. The van der Waals surface area contributed by atoms with Gasteiger partial charge in [-0.15, -0.1) is 0 Å². The van der Waals surface area contributed by atoms with Crippen molar-refractivity contribution in [2.75, 3.05) is 11.5 Å². The molecular weight excluding hydrogens is 267 g/mol. The van der Waals surface area contributed by atoms with Crippen LogP contribution < -0.4 is 5.73 Å². The van der Waals surface area contributed by atoms with Crippen molar-refractivity contribution in [2.45, 2.75) is 32.0 Å². The maximum absolute atomic E-state index is 12.4. The Kier molecular flexibility index (Phi) is 3.13. The third kappa shape index (κ3) is 2.64. The van der Waals surface area contributed by atoms with Crippen molar-refractivity contribution >= 4 is 11.8 Å². The summed E-state index contributed by atoms with van der Waals surface area (Å²) >= 11 is 1.59. The molecule has 18 heavy (non-hydrogen) atoms. The van der Waals surface area contributed by atoms with Crippen molar-refractivity contribution < 1.29 is 17.7 Å². The molecule has 0 aromatic carbocycles. The smallest absolute Gasteiger partial charge is 0.329 e. The molecule has 1 aliphatic rings. The van der Waals surface area contributed by atoms with Crippen LogP contribution in [-0.4, -0.2) is 21.6 Å². The number of aromatic nitrogens is 2. The monoisotopic (exact) mass is 281 g/mol. The highest BCUT2D eigenvalue weighted by atomic mass is 32.2. The first-order valence-electron chi connectivity index (χ1n) is 5.40. The van der Waals surface area contributed by atoms with Gasteiger partial charge in [0.25, 0.3) is 0 Å². The Morgan fingerprint density at radius 1 is 1.33 bits per heavy atom. The summed E-state index contributed by atoms with van der Waals surface area (Å²) in [5.41, 5.74) is 5.12. The van der Waals surface area contributed by atoms with Crippen LogP contribution in [0.1, 0.15) is 32.0 Å². The number of rotatable bonds is 1. The first-order chi connectivity index (χ1) is 8.12. The van der Waals surface area contributed by atoms with Crippen LogP contribution in [0.5, 0.6) is 0 Å². The third-order valence-corrected chi connectivity index (χ3v) is 4.47. The summed E-state index contributed by atoms with van der Waals surface area (Å²) in [6, 6.07) is 0. The highest BCUT2D eigenvalue weighted by molar-refractivity contribution is 7.99. The number of thioether (sulfide) groups is 1. The molecule has 1 unspecified atom stereocenters. The van der Waals surface area contributed by atoms with Crippen LogP contribution in [0.2, 0.25) is 0 Å². The van der Waals surface area contributed by atoms with Crippen molar-refractivity contribution in [2.24, 2.45) is 11.1 Å². The number of nitrogens with zero attached hydrogens (tertiary/aromatic N) is 2. The zero-order chi connectivity index (χ0) is 13.6. The number of hydrogen-bond acceptors (Lipinski definition) is 5. The molecule has 1 aliphatic heterocycles. The summed E-state index contributed by atoms with van der Waals surface area (Å²) < 4.78 is 41.4. The first kappa shape index (κ1) is 13.7. The largest absolute Gasteiger partial charge is 0.471 e. The molecule has 8 heteroatoms. The molecule has 2 heterocycles. The molecule has 0 bridgehead atoms. The van der Waals surface area contributed by atoms with Crippen LogP contribution in [-0.2, 0) is 11.7 Å². The van der Waals surface area contributed by atoms with E-state index in [1.54, 1.807) is 11.8 Å². The summed E-state index contributed by atoms with van der Waals surface area (Å²) in [4.78, 5) is 3.40. The Bertz CT molecular complexity index is 446. The van der Waals surface area contributed by atoms with Gasteiger partial charge in [-0.05, 0) is 17.6 Å². The van der Waals surface area contributed by atoms with E-state index in [2.05, 4.69) is 14.7 Å². The third-order valence-electron chi connectivity index (χ3n) is 2.76. The lowest BCUT2D eigenvalue weighted by atomic mass is 9.80. The number of hydrogen-bond donors (Lipinski definition) is 1. The van der Waals surface area contributed by atoms with Gasteiger partial charge < -0.3 is 10.3 Å². The van der Waals surface area contributed by atoms with Crippen molar-refractivity contribution in [1.82, 2.24) is 10.1 Å². The minimum atomic E-state index is -4.63. The van der Waals surface area contributed by atoms with E-state index in [9.17, 15) is 13.2 Å². The Balaban J connectivity index is 2.28. The summed E-state index contributed by atoms with van der Waals surface area (Å²) in [6.45, 7) is 4.04. The van der Waals surface area contributed by atoms with E-state index in [0.29, 0.717) is 12.2 Å². The summed E-state index contributed by atoms with van der Waals surface area (Å²) in [7, 11) is 0. The van der Waals surface area contributed by atoms with Crippen LogP contribution in [0, 0.1) is 5.41 Å². The van der Waals surface area contributed by atoms with Crippen LogP contribution >= 0.6 is 11.8 Å². The molecule has 1 atom stereocenters.